The maximum Gasteiger partial charge on any atom is 0.257 e. The van der Waals surface area contributed by atoms with Gasteiger partial charge in [0.05, 0.1) is 23.4 Å². The van der Waals surface area contributed by atoms with Gasteiger partial charge in [0.25, 0.3) is 5.91 Å². The molecule has 1 N–H and O–H groups in total. The van der Waals surface area contributed by atoms with Crippen molar-refractivity contribution in [2.45, 2.75) is 19.8 Å². The maximum atomic E-state index is 12.5. The van der Waals surface area contributed by atoms with Crippen LogP contribution in [0.1, 0.15) is 35.7 Å². The smallest absolute Gasteiger partial charge is 0.257 e. The molecule has 0 bridgehead atoms. The normalized spacial score (nSPS) is 10.8. The van der Waals surface area contributed by atoms with Crippen molar-refractivity contribution in [2.75, 3.05) is 12.4 Å². The molecule has 0 saturated heterocycles. The molecule has 144 valence electrons. The Labute approximate surface area is 178 Å². The molecule has 0 aliphatic heterocycles. The minimum absolute atomic E-state index is 0.250. The molecule has 3 aromatic rings. The molecule has 28 heavy (non-hydrogen) atoms. The van der Waals surface area contributed by atoms with Crippen LogP contribution in [0.3, 0.4) is 0 Å². The second kappa shape index (κ2) is 8.76. The standard InChI is InChI=1S/C22H20BrClN2O2/c1-13(2)14-5-9-21(28-3)17(10-14)20-8-4-15(12-25-20)22(27)26-16-6-7-18(23)19(24)11-16/h4-13H,1-3H3,(H,26,27). The summed E-state index contributed by atoms with van der Waals surface area (Å²) in [6, 6.07) is 14.9. The maximum absolute atomic E-state index is 12.5. The number of carbonyl (C=O) groups is 1. The van der Waals surface area contributed by atoms with Crippen molar-refractivity contribution in [1.29, 1.82) is 0 Å². The lowest BCUT2D eigenvalue weighted by Gasteiger charge is -2.13. The zero-order valence-corrected chi connectivity index (χ0v) is 18.1. The van der Waals surface area contributed by atoms with Crippen LogP contribution in [0.25, 0.3) is 11.3 Å². The fourth-order valence-electron chi connectivity index (χ4n) is 2.75. The van der Waals surface area contributed by atoms with Crippen LogP contribution in [0.15, 0.2) is 59.2 Å². The Hall–Kier alpha value is -2.37. The van der Waals surface area contributed by atoms with Crippen LogP contribution < -0.4 is 10.1 Å². The van der Waals surface area contributed by atoms with E-state index < -0.39 is 0 Å². The highest BCUT2D eigenvalue weighted by molar-refractivity contribution is 9.10. The number of carbonyl (C=O) groups excluding carboxylic acids is 1. The summed E-state index contributed by atoms with van der Waals surface area (Å²) in [5.41, 5.74) is 3.94. The van der Waals surface area contributed by atoms with Crippen molar-refractivity contribution < 1.29 is 9.53 Å². The number of amides is 1. The molecule has 0 aliphatic carbocycles. The number of nitrogens with one attached hydrogen (secondary N) is 1. The van der Waals surface area contributed by atoms with E-state index in [2.05, 4.69) is 52.2 Å². The molecule has 1 amide bonds. The van der Waals surface area contributed by atoms with E-state index in [0.29, 0.717) is 22.2 Å². The lowest BCUT2D eigenvalue weighted by Crippen LogP contribution is -2.12. The second-order valence-corrected chi connectivity index (χ2v) is 7.89. The summed E-state index contributed by atoms with van der Waals surface area (Å²) in [4.78, 5) is 17.0. The molecule has 0 atom stereocenters. The van der Waals surface area contributed by atoms with Gasteiger partial charge in [0.2, 0.25) is 0 Å². The van der Waals surface area contributed by atoms with Gasteiger partial charge in [-0.15, -0.1) is 0 Å². The van der Waals surface area contributed by atoms with Crippen LogP contribution in [-0.4, -0.2) is 18.0 Å². The van der Waals surface area contributed by atoms with Gasteiger partial charge in [-0.3, -0.25) is 9.78 Å². The Balaban J connectivity index is 1.84. The highest BCUT2D eigenvalue weighted by Crippen LogP contribution is 2.32. The van der Waals surface area contributed by atoms with E-state index in [1.807, 2.05) is 12.1 Å². The molecule has 4 nitrogen and oxygen atoms in total. The number of pyridine rings is 1. The van der Waals surface area contributed by atoms with Gasteiger partial charge in [-0.05, 0) is 69.9 Å². The molecular weight excluding hydrogens is 440 g/mol. The average molecular weight is 460 g/mol. The Kier molecular flexibility index (Phi) is 6.37. The largest absolute Gasteiger partial charge is 0.496 e. The van der Waals surface area contributed by atoms with Crippen LogP contribution in [0.5, 0.6) is 5.75 Å². The quantitative estimate of drug-likeness (QED) is 0.471. The van der Waals surface area contributed by atoms with Gasteiger partial charge in [0.15, 0.2) is 0 Å². The number of halogens is 2. The first-order valence-corrected chi connectivity index (χ1v) is 9.97. The van der Waals surface area contributed by atoms with Gasteiger partial charge < -0.3 is 10.1 Å². The summed E-state index contributed by atoms with van der Waals surface area (Å²) in [6.45, 7) is 4.28. The van der Waals surface area contributed by atoms with Gasteiger partial charge in [-0.2, -0.15) is 0 Å². The second-order valence-electron chi connectivity index (χ2n) is 6.63. The van der Waals surface area contributed by atoms with E-state index in [-0.39, 0.29) is 5.91 Å². The molecule has 1 aromatic heterocycles. The summed E-state index contributed by atoms with van der Waals surface area (Å²) < 4.78 is 6.25. The predicted molar refractivity (Wildman–Crippen MR) is 117 cm³/mol. The van der Waals surface area contributed by atoms with E-state index in [1.54, 1.807) is 37.6 Å². The van der Waals surface area contributed by atoms with E-state index in [0.717, 1.165) is 21.5 Å². The lowest BCUT2D eigenvalue weighted by atomic mass is 9.98. The van der Waals surface area contributed by atoms with Crippen LogP contribution in [-0.2, 0) is 0 Å². The van der Waals surface area contributed by atoms with Crippen molar-refractivity contribution >= 4 is 39.1 Å². The van der Waals surface area contributed by atoms with Crippen LogP contribution in [0, 0.1) is 0 Å². The van der Waals surface area contributed by atoms with E-state index >= 15 is 0 Å². The summed E-state index contributed by atoms with van der Waals surface area (Å²) >= 11 is 9.40. The average Bonchev–Trinajstić information content (AvgIpc) is 2.70. The van der Waals surface area contributed by atoms with Crippen molar-refractivity contribution in [2.24, 2.45) is 0 Å². The monoisotopic (exact) mass is 458 g/mol. The Morgan fingerprint density at radius 3 is 2.54 bits per heavy atom. The van der Waals surface area contributed by atoms with Gasteiger partial charge in [0, 0.05) is 21.9 Å². The third-order valence-electron chi connectivity index (χ3n) is 4.37. The van der Waals surface area contributed by atoms with Gasteiger partial charge in [0.1, 0.15) is 5.75 Å². The third-order valence-corrected chi connectivity index (χ3v) is 5.60. The number of rotatable bonds is 5. The molecule has 0 unspecified atom stereocenters. The number of anilines is 1. The number of ether oxygens (including phenoxy) is 1. The lowest BCUT2D eigenvalue weighted by molar-refractivity contribution is 0.102. The number of aromatic nitrogens is 1. The Morgan fingerprint density at radius 1 is 1.14 bits per heavy atom. The van der Waals surface area contributed by atoms with Crippen molar-refractivity contribution in [3.8, 4) is 17.0 Å². The molecule has 0 saturated carbocycles. The first-order valence-electron chi connectivity index (χ1n) is 8.80. The molecule has 0 spiro atoms. The topological polar surface area (TPSA) is 51.2 Å². The number of hydrogen-bond acceptors (Lipinski definition) is 3. The zero-order valence-electron chi connectivity index (χ0n) is 15.8. The molecular formula is C22H20BrClN2O2. The summed E-state index contributed by atoms with van der Waals surface area (Å²) in [7, 11) is 1.64. The molecule has 0 radical (unpaired) electrons. The highest BCUT2D eigenvalue weighted by atomic mass is 79.9. The third kappa shape index (κ3) is 4.54. The summed E-state index contributed by atoms with van der Waals surface area (Å²) in [6.07, 6.45) is 1.56. The van der Waals surface area contributed by atoms with E-state index in [1.165, 1.54) is 5.56 Å². The van der Waals surface area contributed by atoms with Crippen molar-refractivity contribution in [3.05, 3.63) is 75.4 Å². The van der Waals surface area contributed by atoms with Crippen molar-refractivity contribution in [3.63, 3.8) is 0 Å². The number of hydrogen-bond donors (Lipinski definition) is 1. The van der Waals surface area contributed by atoms with Crippen molar-refractivity contribution in [1.82, 2.24) is 4.98 Å². The van der Waals surface area contributed by atoms with Crippen LogP contribution in [0.4, 0.5) is 5.69 Å². The number of methoxy groups -OCH3 is 1. The zero-order chi connectivity index (χ0) is 20.3. The summed E-state index contributed by atoms with van der Waals surface area (Å²) in [5.74, 6) is 0.895. The van der Waals surface area contributed by atoms with Gasteiger partial charge in [-0.25, -0.2) is 0 Å². The van der Waals surface area contributed by atoms with Gasteiger partial charge >= 0.3 is 0 Å². The molecule has 0 fully saturated rings. The Morgan fingerprint density at radius 2 is 1.93 bits per heavy atom. The minimum Gasteiger partial charge on any atom is -0.496 e. The first kappa shape index (κ1) is 20.4. The number of nitrogens with zero attached hydrogens (tertiary/aromatic N) is 1. The molecule has 2 aromatic carbocycles. The first-order chi connectivity index (χ1) is 13.4. The van der Waals surface area contributed by atoms with E-state index in [4.69, 9.17) is 16.3 Å². The Bertz CT molecular complexity index is 1000. The fourth-order valence-corrected chi connectivity index (χ4v) is 3.18. The predicted octanol–water partition coefficient (Wildman–Crippen LogP) is 6.55. The minimum atomic E-state index is -0.250. The number of benzene rings is 2. The van der Waals surface area contributed by atoms with Crippen LogP contribution in [0.2, 0.25) is 5.02 Å². The molecule has 6 heteroatoms. The van der Waals surface area contributed by atoms with Crippen LogP contribution >= 0.6 is 27.5 Å². The molecule has 1 heterocycles. The fraction of sp³-hybridized carbons (Fsp3) is 0.182. The van der Waals surface area contributed by atoms with Gasteiger partial charge in [-0.1, -0.05) is 31.5 Å². The summed E-state index contributed by atoms with van der Waals surface area (Å²) in [5, 5.41) is 3.35. The SMILES string of the molecule is COc1ccc(C(C)C)cc1-c1ccc(C(=O)Nc2ccc(Br)c(Cl)c2)cn1. The molecule has 3 rings (SSSR count). The highest BCUT2D eigenvalue weighted by Gasteiger charge is 2.12. The van der Waals surface area contributed by atoms with E-state index in [9.17, 15) is 4.79 Å². The molecule has 0 aliphatic rings.